The van der Waals surface area contributed by atoms with Crippen molar-refractivity contribution in [2.24, 2.45) is 5.92 Å². The molecule has 2 nitrogen and oxygen atoms in total. The number of rotatable bonds is 5. The standard InChI is InChI=1S/C31H34N2/c1-22-9-14-29-28(17-22)19-31(15-16-31)33(23(2)26-7-5-4-6-8-26)30(29)27-12-10-24(11-13-27)18-25-20-32(3)21-25/h4-14,17,25,30H,2,15-16,18-21H2,1,3H3. The second kappa shape index (κ2) is 7.88. The van der Waals surface area contributed by atoms with E-state index in [1.54, 1.807) is 0 Å². The highest BCUT2D eigenvalue weighted by Crippen LogP contribution is 2.56. The Morgan fingerprint density at radius 1 is 0.970 bits per heavy atom. The minimum atomic E-state index is 0.202. The second-order valence-corrected chi connectivity index (χ2v) is 10.7. The molecule has 3 aliphatic rings. The molecule has 1 atom stereocenters. The summed E-state index contributed by atoms with van der Waals surface area (Å²) in [7, 11) is 2.21. The Hall–Kier alpha value is -2.84. The van der Waals surface area contributed by atoms with Crippen LogP contribution in [0.2, 0.25) is 0 Å². The van der Waals surface area contributed by atoms with Crippen LogP contribution in [0.4, 0.5) is 0 Å². The molecule has 2 aliphatic heterocycles. The average molecular weight is 435 g/mol. The van der Waals surface area contributed by atoms with Gasteiger partial charge in [-0.2, -0.15) is 0 Å². The van der Waals surface area contributed by atoms with Crippen molar-refractivity contribution in [3.8, 4) is 0 Å². The Morgan fingerprint density at radius 2 is 1.70 bits per heavy atom. The van der Waals surface area contributed by atoms with Crippen LogP contribution in [0, 0.1) is 12.8 Å². The summed E-state index contributed by atoms with van der Waals surface area (Å²) < 4.78 is 0. The van der Waals surface area contributed by atoms with Crippen molar-refractivity contribution in [2.75, 3.05) is 20.1 Å². The number of nitrogens with zero attached hydrogens (tertiary/aromatic N) is 2. The van der Waals surface area contributed by atoms with E-state index in [2.05, 4.69) is 103 Å². The van der Waals surface area contributed by atoms with Crippen molar-refractivity contribution in [2.45, 2.75) is 44.2 Å². The van der Waals surface area contributed by atoms with Gasteiger partial charge < -0.3 is 9.80 Å². The molecule has 0 aromatic heterocycles. The zero-order valence-electron chi connectivity index (χ0n) is 19.9. The summed E-state index contributed by atoms with van der Waals surface area (Å²) in [5.74, 6) is 0.809. The quantitative estimate of drug-likeness (QED) is 0.468. The lowest BCUT2D eigenvalue weighted by molar-refractivity contribution is 0.134. The largest absolute Gasteiger partial charge is 0.354 e. The highest BCUT2D eigenvalue weighted by molar-refractivity contribution is 5.66. The van der Waals surface area contributed by atoms with Crippen LogP contribution in [0.15, 0.2) is 79.4 Å². The summed E-state index contributed by atoms with van der Waals surface area (Å²) >= 11 is 0. The average Bonchev–Trinajstić information content (AvgIpc) is 3.57. The summed E-state index contributed by atoms with van der Waals surface area (Å²) in [4.78, 5) is 5.08. The van der Waals surface area contributed by atoms with Crippen LogP contribution < -0.4 is 0 Å². The number of likely N-dealkylation sites (tertiary alicyclic amines) is 1. The molecule has 1 saturated carbocycles. The molecule has 1 spiro atoms. The van der Waals surface area contributed by atoms with Gasteiger partial charge in [0, 0.05) is 24.3 Å². The highest BCUT2D eigenvalue weighted by Gasteiger charge is 2.54. The smallest absolute Gasteiger partial charge is 0.0804 e. The van der Waals surface area contributed by atoms with Crippen LogP contribution >= 0.6 is 0 Å². The van der Waals surface area contributed by atoms with Gasteiger partial charge in [-0.05, 0) is 73.4 Å². The lowest BCUT2D eigenvalue weighted by Crippen LogP contribution is -2.45. The van der Waals surface area contributed by atoms with Crippen LogP contribution in [0.25, 0.3) is 5.70 Å². The Kier molecular flexibility index (Phi) is 4.96. The minimum absolute atomic E-state index is 0.202. The van der Waals surface area contributed by atoms with Gasteiger partial charge in [-0.1, -0.05) is 84.9 Å². The van der Waals surface area contributed by atoms with Gasteiger partial charge in [-0.3, -0.25) is 0 Å². The Morgan fingerprint density at radius 3 is 2.36 bits per heavy atom. The van der Waals surface area contributed by atoms with Crippen molar-refractivity contribution in [1.82, 2.24) is 9.80 Å². The van der Waals surface area contributed by atoms with E-state index in [4.69, 9.17) is 0 Å². The molecular weight excluding hydrogens is 400 g/mol. The maximum absolute atomic E-state index is 4.65. The summed E-state index contributed by atoms with van der Waals surface area (Å²) in [5, 5.41) is 0. The summed E-state index contributed by atoms with van der Waals surface area (Å²) in [6.07, 6.45) is 4.81. The fraction of sp³-hybridized carbons (Fsp3) is 0.355. The Labute approximate surface area is 198 Å². The molecule has 2 heterocycles. The molecule has 1 unspecified atom stereocenters. The van der Waals surface area contributed by atoms with Crippen LogP contribution in [0.3, 0.4) is 0 Å². The van der Waals surface area contributed by atoms with Crippen LogP contribution in [-0.2, 0) is 12.8 Å². The molecule has 3 aromatic rings. The van der Waals surface area contributed by atoms with Gasteiger partial charge in [-0.15, -0.1) is 0 Å². The topological polar surface area (TPSA) is 6.48 Å². The van der Waals surface area contributed by atoms with Crippen LogP contribution in [-0.4, -0.2) is 35.5 Å². The summed E-state index contributed by atoms with van der Waals surface area (Å²) in [6.45, 7) is 9.33. The third kappa shape index (κ3) is 3.71. The van der Waals surface area contributed by atoms with Crippen molar-refractivity contribution >= 4 is 5.70 Å². The van der Waals surface area contributed by atoms with E-state index in [0.717, 1.165) is 18.0 Å². The van der Waals surface area contributed by atoms with E-state index in [1.165, 1.54) is 65.7 Å². The van der Waals surface area contributed by atoms with Gasteiger partial charge in [0.25, 0.3) is 0 Å². The molecule has 2 heteroatoms. The number of aryl methyl sites for hydroxylation is 1. The molecule has 0 amide bonds. The lowest BCUT2D eigenvalue weighted by Gasteiger charge is -2.47. The van der Waals surface area contributed by atoms with Gasteiger partial charge in [-0.25, -0.2) is 0 Å². The molecule has 0 radical (unpaired) electrons. The third-order valence-corrected chi connectivity index (χ3v) is 8.07. The second-order valence-electron chi connectivity index (χ2n) is 10.7. The molecule has 0 bridgehead atoms. The van der Waals surface area contributed by atoms with E-state index in [-0.39, 0.29) is 11.6 Å². The first-order chi connectivity index (χ1) is 16.0. The summed E-state index contributed by atoms with van der Waals surface area (Å²) in [6, 6.07) is 27.6. The number of hydrogen-bond acceptors (Lipinski definition) is 2. The SMILES string of the molecule is C=C(c1ccccc1)N1C(c2ccc(CC3CN(C)C3)cc2)c2ccc(C)cc2CC12CC2. The predicted molar refractivity (Wildman–Crippen MR) is 137 cm³/mol. The number of fused-ring (bicyclic) bond motifs is 1. The molecule has 0 N–H and O–H groups in total. The molecule has 33 heavy (non-hydrogen) atoms. The first kappa shape index (κ1) is 20.7. The molecule has 6 rings (SSSR count). The molecular formula is C31H34N2. The van der Waals surface area contributed by atoms with Crippen molar-refractivity contribution < 1.29 is 0 Å². The molecule has 168 valence electrons. The zero-order valence-corrected chi connectivity index (χ0v) is 19.9. The van der Waals surface area contributed by atoms with Gasteiger partial charge in [0.15, 0.2) is 0 Å². The van der Waals surface area contributed by atoms with E-state index in [9.17, 15) is 0 Å². The summed E-state index contributed by atoms with van der Waals surface area (Å²) in [5.41, 5.74) is 9.78. The normalized spacial score (nSPS) is 21.5. The minimum Gasteiger partial charge on any atom is -0.354 e. The van der Waals surface area contributed by atoms with Gasteiger partial charge >= 0.3 is 0 Å². The van der Waals surface area contributed by atoms with Gasteiger partial charge in [0.05, 0.1) is 6.04 Å². The van der Waals surface area contributed by atoms with E-state index >= 15 is 0 Å². The number of benzene rings is 3. The van der Waals surface area contributed by atoms with Gasteiger partial charge in [0.2, 0.25) is 0 Å². The molecule has 1 aliphatic carbocycles. The maximum atomic E-state index is 4.65. The number of hydrogen-bond donors (Lipinski definition) is 0. The fourth-order valence-electron chi connectivity index (χ4n) is 6.24. The first-order valence-electron chi connectivity index (χ1n) is 12.4. The van der Waals surface area contributed by atoms with E-state index in [0.29, 0.717) is 0 Å². The van der Waals surface area contributed by atoms with Crippen LogP contribution in [0.1, 0.15) is 52.3 Å². The van der Waals surface area contributed by atoms with E-state index in [1.807, 2.05) is 0 Å². The monoisotopic (exact) mass is 434 g/mol. The predicted octanol–water partition coefficient (Wildman–Crippen LogP) is 6.25. The van der Waals surface area contributed by atoms with Crippen molar-refractivity contribution in [1.29, 1.82) is 0 Å². The Bertz CT molecular complexity index is 1170. The highest BCUT2D eigenvalue weighted by atomic mass is 15.3. The fourth-order valence-corrected chi connectivity index (χ4v) is 6.24. The van der Waals surface area contributed by atoms with Crippen molar-refractivity contribution in [3.63, 3.8) is 0 Å². The maximum Gasteiger partial charge on any atom is 0.0804 e. The molecule has 2 fully saturated rings. The lowest BCUT2D eigenvalue weighted by atomic mass is 9.81. The molecule has 1 saturated heterocycles. The van der Waals surface area contributed by atoms with Crippen LogP contribution in [0.5, 0.6) is 0 Å². The third-order valence-electron chi connectivity index (χ3n) is 8.07. The first-order valence-corrected chi connectivity index (χ1v) is 12.4. The Balaban J connectivity index is 1.40. The van der Waals surface area contributed by atoms with Crippen molar-refractivity contribution in [3.05, 3.63) is 113 Å². The zero-order chi connectivity index (χ0) is 22.6. The van der Waals surface area contributed by atoms with E-state index < -0.39 is 0 Å². The van der Waals surface area contributed by atoms with Gasteiger partial charge in [0.1, 0.15) is 0 Å². The molecule has 3 aromatic carbocycles.